The molecule has 1 fully saturated rings. The zero-order chi connectivity index (χ0) is 19.5. The number of likely N-dealkylation sites (tertiary alicyclic amines) is 1. The lowest BCUT2D eigenvalue weighted by atomic mass is 9.95. The van der Waals surface area contributed by atoms with E-state index >= 15 is 0 Å². The monoisotopic (exact) mass is 381 g/mol. The molecule has 1 amide bonds. The number of carbonyl (C=O) groups is 1. The minimum absolute atomic E-state index is 0.115. The second-order valence-electron chi connectivity index (χ2n) is 6.94. The molecule has 1 aliphatic heterocycles. The van der Waals surface area contributed by atoms with E-state index in [9.17, 15) is 9.59 Å². The molecule has 0 atom stereocenters. The first-order chi connectivity index (χ1) is 13.7. The molecule has 0 N–H and O–H groups in total. The Morgan fingerprint density at radius 1 is 1.21 bits per heavy atom. The van der Waals surface area contributed by atoms with Crippen LogP contribution in [0.4, 0.5) is 0 Å². The molecule has 0 aliphatic carbocycles. The van der Waals surface area contributed by atoms with E-state index in [2.05, 4.69) is 14.5 Å². The highest BCUT2D eigenvalue weighted by Crippen LogP contribution is 2.27. The van der Waals surface area contributed by atoms with E-state index in [1.54, 1.807) is 30.3 Å². The number of fused-ring (bicyclic) bond motifs is 1. The predicted molar refractivity (Wildman–Crippen MR) is 103 cm³/mol. The molecule has 4 heterocycles. The van der Waals surface area contributed by atoms with Crippen LogP contribution in [0.15, 0.2) is 47.8 Å². The number of amides is 1. The maximum Gasteiger partial charge on any atom is 0.270 e. The van der Waals surface area contributed by atoms with Gasteiger partial charge in [0.2, 0.25) is 0 Å². The zero-order valence-electron chi connectivity index (χ0n) is 15.8. The number of nitrogens with zero attached hydrogens (tertiary/aromatic N) is 5. The summed E-state index contributed by atoms with van der Waals surface area (Å²) in [6, 6.07) is 5.30. The van der Waals surface area contributed by atoms with Crippen LogP contribution in [0.2, 0.25) is 0 Å². The first-order valence-electron chi connectivity index (χ1n) is 9.44. The van der Waals surface area contributed by atoms with Crippen LogP contribution >= 0.6 is 0 Å². The highest BCUT2D eigenvalue weighted by molar-refractivity contribution is 5.93. The number of imidazole rings is 1. The number of piperidine rings is 1. The lowest BCUT2D eigenvalue weighted by Gasteiger charge is -2.31. The average Bonchev–Trinajstić information content (AvgIpc) is 3.21. The summed E-state index contributed by atoms with van der Waals surface area (Å²) in [5.41, 5.74) is 0.322. The van der Waals surface area contributed by atoms with E-state index < -0.39 is 0 Å². The van der Waals surface area contributed by atoms with Gasteiger partial charge in [-0.05, 0) is 25.0 Å². The molecule has 146 valence electrons. The van der Waals surface area contributed by atoms with Gasteiger partial charge < -0.3 is 14.2 Å². The molecule has 0 bridgehead atoms. The third kappa shape index (κ3) is 3.43. The minimum atomic E-state index is -0.326. The summed E-state index contributed by atoms with van der Waals surface area (Å²) in [7, 11) is 1.69. The third-order valence-corrected chi connectivity index (χ3v) is 5.28. The summed E-state index contributed by atoms with van der Waals surface area (Å²) in [4.78, 5) is 36.1. The molecule has 0 radical (unpaired) electrons. The highest BCUT2D eigenvalue weighted by Gasteiger charge is 2.28. The van der Waals surface area contributed by atoms with Gasteiger partial charge in [0.15, 0.2) is 0 Å². The van der Waals surface area contributed by atoms with E-state index in [0.717, 1.165) is 25.2 Å². The van der Waals surface area contributed by atoms with Crippen LogP contribution in [-0.2, 0) is 11.3 Å². The van der Waals surface area contributed by atoms with Crippen LogP contribution in [0.25, 0.3) is 5.65 Å². The number of hydrogen-bond donors (Lipinski definition) is 0. The van der Waals surface area contributed by atoms with Gasteiger partial charge in [-0.15, -0.1) is 0 Å². The van der Waals surface area contributed by atoms with Crippen molar-refractivity contribution in [3.05, 3.63) is 64.7 Å². The number of rotatable bonds is 5. The van der Waals surface area contributed by atoms with Crippen molar-refractivity contribution in [1.82, 2.24) is 23.8 Å². The maximum atomic E-state index is 12.9. The van der Waals surface area contributed by atoms with E-state index in [0.29, 0.717) is 31.3 Å². The summed E-state index contributed by atoms with van der Waals surface area (Å²) in [5.74, 6) is 1.08. The lowest BCUT2D eigenvalue weighted by molar-refractivity contribution is 0.0707. The quantitative estimate of drug-likeness (QED) is 0.670. The molecule has 28 heavy (non-hydrogen) atoms. The van der Waals surface area contributed by atoms with Gasteiger partial charge in [-0.3, -0.25) is 14.0 Å². The van der Waals surface area contributed by atoms with Gasteiger partial charge in [0.1, 0.15) is 17.0 Å². The number of hydrogen-bond acceptors (Lipinski definition) is 5. The first kappa shape index (κ1) is 18.4. The van der Waals surface area contributed by atoms with Crippen molar-refractivity contribution in [2.24, 2.45) is 0 Å². The van der Waals surface area contributed by atoms with Crippen molar-refractivity contribution in [2.75, 3.05) is 26.8 Å². The van der Waals surface area contributed by atoms with Gasteiger partial charge in [0.05, 0.1) is 6.61 Å². The number of pyridine rings is 1. The summed E-state index contributed by atoms with van der Waals surface area (Å²) in [5, 5.41) is 0. The fourth-order valence-electron chi connectivity index (χ4n) is 3.74. The van der Waals surface area contributed by atoms with Crippen LogP contribution in [0.3, 0.4) is 0 Å². The third-order valence-electron chi connectivity index (χ3n) is 5.28. The maximum absolute atomic E-state index is 12.9. The van der Waals surface area contributed by atoms with Crippen LogP contribution in [0.1, 0.15) is 34.9 Å². The van der Waals surface area contributed by atoms with Crippen molar-refractivity contribution in [3.63, 3.8) is 0 Å². The Morgan fingerprint density at radius 3 is 2.82 bits per heavy atom. The van der Waals surface area contributed by atoms with Gasteiger partial charge >= 0.3 is 0 Å². The predicted octanol–water partition coefficient (Wildman–Crippen LogP) is 1.56. The SMILES string of the molecule is COCCn1ccnc1C1CCN(C(=O)c2cnc3ccccn3c2=O)CC1. The second kappa shape index (κ2) is 7.93. The molecule has 1 aliphatic rings. The molecule has 4 rings (SSSR count). The molecule has 0 spiro atoms. The standard InChI is InChI=1S/C20H23N5O3/c1-28-13-12-23-11-7-21-18(23)15-5-9-24(10-6-15)19(26)16-14-22-17-4-2-3-8-25(17)20(16)27/h2-4,7-8,11,14-15H,5-6,9-10,12-13H2,1H3. The Hall–Kier alpha value is -3.00. The Morgan fingerprint density at radius 2 is 2.04 bits per heavy atom. The Bertz CT molecular complexity index is 1030. The van der Waals surface area contributed by atoms with Crippen LogP contribution in [0.5, 0.6) is 0 Å². The van der Waals surface area contributed by atoms with E-state index in [-0.39, 0.29) is 17.0 Å². The highest BCUT2D eigenvalue weighted by atomic mass is 16.5. The average molecular weight is 381 g/mol. The van der Waals surface area contributed by atoms with E-state index in [1.807, 2.05) is 18.5 Å². The fourth-order valence-corrected chi connectivity index (χ4v) is 3.74. The van der Waals surface area contributed by atoms with Crippen molar-refractivity contribution >= 4 is 11.6 Å². The molecule has 8 heteroatoms. The number of carbonyl (C=O) groups excluding carboxylic acids is 1. The summed E-state index contributed by atoms with van der Waals surface area (Å²) in [6.07, 6.45) is 8.44. The zero-order valence-corrected chi connectivity index (χ0v) is 15.8. The van der Waals surface area contributed by atoms with Crippen molar-refractivity contribution in [3.8, 4) is 0 Å². The molecular weight excluding hydrogens is 358 g/mol. The molecule has 1 saturated heterocycles. The van der Waals surface area contributed by atoms with Gasteiger partial charge in [-0.25, -0.2) is 9.97 Å². The van der Waals surface area contributed by atoms with E-state index in [4.69, 9.17) is 4.74 Å². The van der Waals surface area contributed by atoms with Crippen LogP contribution < -0.4 is 5.56 Å². The summed E-state index contributed by atoms with van der Waals surface area (Å²) >= 11 is 0. The Kier molecular flexibility index (Phi) is 5.21. The lowest BCUT2D eigenvalue weighted by Crippen LogP contribution is -2.41. The van der Waals surface area contributed by atoms with E-state index in [1.165, 1.54) is 10.6 Å². The normalized spacial score (nSPS) is 15.2. The summed E-state index contributed by atoms with van der Waals surface area (Å²) in [6.45, 7) is 2.60. The number of aromatic nitrogens is 4. The molecule has 0 saturated carbocycles. The molecule has 0 unspecified atom stereocenters. The molecule has 8 nitrogen and oxygen atoms in total. The Labute approximate surface area is 162 Å². The van der Waals surface area contributed by atoms with Crippen molar-refractivity contribution in [2.45, 2.75) is 25.3 Å². The molecular formula is C20H23N5O3. The van der Waals surface area contributed by atoms with Crippen molar-refractivity contribution in [1.29, 1.82) is 0 Å². The number of ether oxygens (including phenoxy) is 1. The largest absolute Gasteiger partial charge is 0.383 e. The topological polar surface area (TPSA) is 81.7 Å². The smallest absolute Gasteiger partial charge is 0.270 e. The van der Waals surface area contributed by atoms with Crippen molar-refractivity contribution < 1.29 is 9.53 Å². The van der Waals surface area contributed by atoms with Gasteiger partial charge in [-0.1, -0.05) is 6.07 Å². The number of methoxy groups -OCH3 is 1. The van der Waals surface area contributed by atoms with Gasteiger partial charge in [0, 0.05) is 57.4 Å². The first-order valence-corrected chi connectivity index (χ1v) is 9.44. The molecule has 3 aromatic rings. The van der Waals surface area contributed by atoms with Crippen LogP contribution in [-0.4, -0.2) is 56.5 Å². The van der Waals surface area contributed by atoms with Crippen LogP contribution in [0, 0.1) is 0 Å². The molecule has 0 aromatic carbocycles. The van der Waals surface area contributed by atoms with Gasteiger partial charge in [0.25, 0.3) is 11.5 Å². The fraction of sp³-hybridized carbons (Fsp3) is 0.400. The summed E-state index contributed by atoms with van der Waals surface area (Å²) < 4.78 is 8.68. The minimum Gasteiger partial charge on any atom is -0.383 e. The van der Waals surface area contributed by atoms with Gasteiger partial charge in [-0.2, -0.15) is 0 Å². The molecule has 3 aromatic heterocycles. The Balaban J connectivity index is 1.47. The second-order valence-corrected chi connectivity index (χ2v) is 6.94.